The van der Waals surface area contributed by atoms with Crippen molar-refractivity contribution in [2.24, 2.45) is 5.92 Å². The average molecular weight is 227 g/mol. The summed E-state index contributed by atoms with van der Waals surface area (Å²) in [5.41, 5.74) is -0.633. The highest BCUT2D eigenvalue weighted by molar-refractivity contribution is 5.82. The Kier molecular flexibility index (Phi) is 3.22. The molecule has 1 N–H and O–H groups in total. The van der Waals surface area contributed by atoms with Crippen molar-refractivity contribution in [2.45, 2.75) is 44.8 Å². The van der Waals surface area contributed by atoms with E-state index >= 15 is 0 Å². The zero-order chi connectivity index (χ0) is 11.8. The molecule has 2 unspecified atom stereocenters. The van der Waals surface area contributed by atoms with Gasteiger partial charge in [0.1, 0.15) is 6.10 Å². The standard InChI is InChI=1S/C12H21NO3/c1-3-5-12(15)7-13(8-12)11(14)10-9(2)4-6-16-10/h9-10,15H,3-8H2,1-2H3. The number of β-amino-alcohol motifs (C(OH)–C–C–N with tert-alkyl or cyclic N) is 1. The maximum Gasteiger partial charge on any atom is 0.252 e. The molecule has 2 aliphatic heterocycles. The van der Waals surface area contributed by atoms with E-state index in [4.69, 9.17) is 4.74 Å². The Labute approximate surface area is 96.6 Å². The molecule has 0 bridgehead atoms. The lowest BCUT2D eigenvalue weighted by Crippen LogP contribution is -2.65. The van der Waals surface area contributed by atoms with Gasteiger partial charge in [-0.3, -0.25) is 4.79 Å². The summed E-state index contributed by atoms with van der Waals surface area (Å²) in [4.78, 5) is 13.7. The quantitative estimate of drug-likeness (QED) is 0.775. The fourth-order valence-electron chi connectivity index (χ4n) is 2.63. The first-order chi connectivity index (χ1) is 7.56. The van der Waals surface area contributed by atoms with E-state index in [9.17, 15) is 9.90 Å². The molecule has 1 amide bonds. The van der Waals surface area contributed by atoms with Gasteiger partial charge in [-0.15, -0.1) is 0 Å². The summed E-state index contributed by atoms with van der Waals surface area (Å²) in [6, 6.07) is 0. The van der Waals surface area contributed by atoms with Crippen molar-refractivity contribution in [3.8, 4) is 0 Å². The Balaban J connectivity index is 1.85. The second-order valence-electron chi connectivity index (χ2n) is 5.23. The van der Waals surface area contributed by atoms with E-state index in [1.54, 1.807) is 4.90 Å². The molecule has 0 spiro atoms. The van der Waals surface area contributed by atoms with Gasteiger partial charge in [0.25, 0.3) is 5.91 Å². The lowest BCUT2D eigenvalue weighted by molar-refractivity contribution is -0.166. The molecule has 2 saturated heterocycles. The van der Waals surface area contributed by atoms with Crippen LogP contribution >= 0.6 is 0 Å². The van der Waals surface area contributed by atoms with Gasteiger partial charge in [-0.1, -0.05) is 20.3 Å². The summed E-state index contributed by atoms with van der Waals surface area (Å²) in [5, 5.41) is 10.0. The number of likely N-dealkylation sites (tertiary alicyclic amines) is 1. The molecule has 0 radical (unpaired) electrons. The van der Waals surface area contributed by atoms with Crippen LogP contribution in [0, 0.1) is 5.92 Å². The molecule has 2 heterocycles. The molecule has 0 aliphatic carbocycles. The first kappa shape index (κ1) is 11.9. The van der Waals surface area contributed by atoms with E-state index in [-0.39, 0.29) is 12.0 Å². The predicted octanol–water partition coefficient (Wildman–Crippen LogP) is 0.785. The number of ether oxygens (including phenoxy) is 1. The van der Waals surface area contributed by atoms with Crippen LogP contribution in [0.15, 0.2) is 0 Å². The van der Waals surface area contributed by atoms with Crippen LogP contribution in [0.2, 0.25) is 0 Å². The third kappa shape index (κ3) is 2.09. The zero-order valence-corrected chi connectivity index (χ0v) is 10.1. The van der Waals surface area contributed by atoms with Gasteiger partial charge < -0.3 is 14.7 Å². The second kappa shape index (κ2) is 4.34. The normalized spacial score (nSPS) is 32.6. The van der Waals surface area contributed by atoms with Crippen molar-refractivity contribution in [1.29, 1.82) is 0 Å². The van der Waals surface area contributed by atoms with E-state index in [0.29, 0.717) is 25.6 Å². The van der Waals surface area contributed by atoms with Crippen molar-refractivity contribution in [2.75, 3.05) is 19.7 Å². The van der Waals surface area contributed by atoms with Crippen molar-refractivity contribution in [1.82, 2.24) is 4.90 Å². The highest BCUT2D eigenvalue weighted by atomic mass is 16.5. The molecule has 92 valence electrons. The Bertz CT molecular complexity index is 273. The Morgan fingerprint density at radius 2 is 2.25 bits per heavy atom. The van der Waals surface area contributed by atoms with Crippen LogP contribution in [0.5, 0.6) is 0 Å². The van der Waals surface area contributed by atoms with E-state index in [0.717, 1.165) is 19.3 Å². The van der Waals surface area contributed by atoms with Gasteiger partial charge in [-0.05, 0) is 18.8 Å². The van der Waals surface area contributed by atoms with Crippen LogP contribution in [0.1, 0.15) is 33.1 Å². The number of nitrogens with zero attached hydrogens (tertiary/aromatic N) is 1. The third-order valence-electron chi connectivity index (χ3n) is 3.63. The second-order valence-corrected chi connectivity index (χ2v) is 5.23. The van der Waals surface area contributed by atoms with Gasteiger partial charge in [0, 0.05) is 6.61 Å². The highest BCUT2D eigenvalue weighted by Gasteiger charge is 2.46. The van der Waals surface area contributed by atoms with E-state index < -0.39 is 5.60 Å². The molecule has 0 saturated carbocycles. The van der Waals surface area contributed by atoms with Gasteiger partial charge in [-0.2, -0.15) is 0 Å². The zero-order valence-electron chi connectivity index (χ0n) is 10.1. The number of hydrogen-bond acceptors (Lipinski definition) is 3. The van der Waals surface area contributed by atoms with Gasteiger partial charge in [0.05, 0.1) is 18.7 Å². The molecular weight excluding hydrogens is 206 g/mol. The number of hydrogen-bond donors (Lipinski definition) is 1. The third-order valence-corrected chi connectivity index (χ3v) is 3.63. The SMILES string of the molecule is CCCC1(O)CN(C(=O)C2OCCC2C)C1. The molecule has 0 aromatic carbocycles. The largest absolute Gasteiger partial charge is 0.386 e. The molecular formula is C12H21NO3. The number of carbonyl (C=O) groups excluding carboxylic acids is 1. The van der Waals surface area contributed by atoms with Crippen LogP contribution in [0.25, 0.3) is 0 Å². The maximum absolute atomic E-state index is 12.0. The van der Waals surface area contributed by atoms with E-state index in [1.165, 1.54) is 0 Å². The Hall–Kier alpha value is -0.610. The minimum Gasteiger partial charge on any atom is -0.386 e. The first-order valence-electron chi connectivity index (χ1n) is 6.18. The van der Waals surface area contributed by atoms with Gasteiger partial charge in [0.2, 0.25) is 0 Å². The Morgan fingerprint density at radius 1 is 1.56 bits per heavy atom. The molecule has 2 atom stereocenters. The monoisotopic (exact) mass is 227 g/mol. The maximum atomic E-state index is 12.0. The lowest BCUT2D eigenvalue weighted by Gasteiger charge is -2.47. The molecule has 2 fully saturated rings. The summed E-state index contributed by atoms with van der Waals surface area (Å²) in [7, 11) is 0. The number of rotatable bonds is 3. The summed E-state index contributed by atoms with van der Waals surface area (Å²) in [5.74, 6) is 0.373. The summed E-state index contributed by atoms with van der Waals surface area (Å²) < 4.78 is 5.44. The number of amides is 1. The predicted molar refractivity (Wildman–Crippen MR) is 60.0 cm³/mol. The van der Waals surface area contributed by atoms with E-state index in [1.807, 2.05) is 13.8 Å². The van der Waals surface area contributed by atoms with Gasteiger partial charge in [0.15, 0.2) is 0 Å². The molecule has 0 aromatic heterocycles. The van der Waals surface area contributed by atoms with Crippen molar-refractivity contribution in [3.63, 3.8) is 0 Å². The topological polar surface area (TPSA) is 49.8 Å². The highest BCUT2D eigenvalue weighted by Crippen LogP contribution is 2.29. The summed E-state index contributed by atoms with van der Waals surface area (Å²) in [6.07, 6.45) is 2.42. The van der Waals surface area contributed by atoms with E-state index in [2.05, 4.69) is 0 Å². The van der Waals surface area contributed by atoms with Gasteiger partial charge in [-0.25, -0.2) is 0 Å². The summed E-state index contributed by atoms with van der Waals surface area (Å²) >= 11 is 0. The van der Waals surface area contributed by atoms with Crippen molar-refractivity contribution >= 4 is 5.91 Å². The molecule has 0 aromatic rings. The molecule has 4 heteroatoms. The van der Waals surface area contributed by atoms with Crippen LogP contribution < -0.4 is 0 Å². The van der Waals surface area contributed by atoms with Crippen molar-refractivity contribution in [3.05, 3.63) is 0 Å². The van der Waals surface area contributed by atoms with Gasteiger partial charge >= 0.3 is 0 Å². The number of carbonyl (C=O) groups is 1. The first-order valence-corrected chi connectivity index (χ1v) is 6.18. The Morgan fingerprint density at radius 3 is 2.75 bits per heavy atom. The smallest absolute Gasteiger partial charge is 0.252 e. The number of aliphatic hydroxyl groups is 1. The van der Waals surface area contributed by atoms with Crippen LogP contribution in [-0.4, -0.2) is 47.3 Å². The van der Waals surface area contributed by atoms with Crippen LogP contribution in [0.4, 0.5) is 0 Å². The molecule has 2 aliphatic rings. The van der Waals surface area contributed by atoms with Crippen LogP contribution in [-0.2, 0) is 9.53 Å². The molecule has 2 rings (SSSR count). The minimum absolute atomic E-state index is 0.0609. The molecule has 16 heavy (non-hydrogen) atoms. The summed E-state index contributed by atoms with van der Waals surface area (Å²) in [6.45, 7) is 5.74. The van der Waals surface area contributed by atoms with Crippen molar-refractivity contribution < 1.29 is 14.6 Å². The lowest BCUT2D eigenvalue weighted by atomic mass is 9.88. The molecule has 4 nitrogen and oxygen atoms in total. The fourth-order valence-corrected chi connectivity index (χ4v) is 2.63. The van der Waals surface area contributed by atoms with Crippen LogP contribution in [0.3, 0.4) is 0 Å². The average Bonchev–Trinajstić information content (AvgIpc) is 2.60. The minimum atomic E-state index is -0.633. The fraction of sp³-hybridized carbons (Fsp3) is 0.917.